The summed E-state index contributed by atoms with van der Waals surface area (Å²) in [5, 5.41) is 18.8. The van der Waals surface area contributed by atoms with E-state index in [1.54, 1.807) is 0 Å². The molecule has 0 bridgehead atoms. The Kier molecular flexibility index (Phi) is 12.0. The first-order chi connectivity index (χ1) is 19.2. The number of aliphatic hydroxyl groups excluding tert-OH is 1. The normalized spacial score (nSPS) is 15.8. The number of sulfonamides is 1. The van der Waals surface area contributed by atoms with E-state index in [0.717, 1.165) is 55.2 Å². The third-order valence-electron chi connectivity index (χ3n) is 6.76. The van der Waals surface area contributed by atoms with Crippen molar-refractivity contribution in [2.24, 2.45) is 5.14 Å². The van der Waals surface area contributed by atoms with Gasteiger partial charge in [-0.15, -0.1) is 0 Å². The molecule has 1 aliphatic heterocycles. The minimum absolute atomic E-state index is 0.279. The molecule has 4 N–H and O–H groups in total. The van der Waals surface area contributed by atoms with Crippen molar-refractivity contribution in [1.29, 1.82) is 0 Å². The average Bonchev–Trinajstić information content (AvgIpc) is 2.89. The molecule has 0 aromatic heterocycles. The SMILES string of the molecule is CC1(C)OCc2cc(C(O)CNCCCCCCOCCCCc3cc(C(F)(F)F)cc(S(N)(=O)=O)c3)ccc2O1. The second-order valence-corrected chi connectivity index (χ2v) is 12.3. The summed E-state index contributed by atoms with van der Waals surface area (Å²) in [6, 6.07) is 8.40. The maximum atomic E-state index is 13.1. The third-order valence-corrected chi connectivity index (χ3v) is 7.65. The molecule has 0 saturated carbocycles. The number of nitrogens with one attached hydrogen (secondary N) is 1. The van der Waals surface area contributed by atoms with E-state index >= 15 is 0 Å². The fourth-order valence-corrected chi connectivity index (χ4v) is 5.10. The average molecular weight is 603 g/mol. The highest BCUT2D eigenvalue weighted by Crippen LogP contribution is 2.33. The number of halogens is 3. The fraction of sp³-hybridized carbons (Fsp3) is 0.586. The zero-order valence-corrected chi connectivity index (χ0v) is 24.5. The second kappa shape index (κ2) is 14.8. The number of unbranched alkanes of at least 4 members (excludes halogenated alkanes) is 4. The van der Waals surface area contributed by atoms with E-state index in [0.29, 0.717) is 51.7 Å². The van der Waals surface area contributed by atoms with Gasteiger partial charge in [0, 0.05) is 39.2 Å². The number of primary sulfonamides is 1. The molecule has 0 aliphatic carbocycles. The number of ether oxygens (including phenoxy) is 3. The van der Waals surface area contributed by atoms with Crippen LogP contribution in [-0.2, 0) is 38.7 Å². The molecule has 1 aliphatic rings. The Morgan fingerprint density at radius 3 is 2.46 bits per heavy atom. The standard InChI is InChI=1S/C29H41F3N2O6S/c1-28(2)39-20-23-17-22(10-11-27(23)40-28)26(35)19-34-12-6-3-4-7-13-38-14-8-5-9-21-15-24(29(30,31)32)18-25(16-21)41(33,36)37/h10-11,15-18,26,34-35H,3-9,12-14,19-20H2,1-2H3,(H2,33,36,37). The molecule has 1 unspecified atom stereocenters. The van der Waals surface area contributed by atoms with Gasteiger partial charge in [0.25, 0.3) is 0 Å². The summed E-state index contributed by atoms with van der Waals surface area (Å²) < 4.78 is 79.5. The lowest BCUT2D eigenvalue weighted by Gasteiger charge is -2.33. The fourth-order valence-electron chi connectivity index (χ4n) is 4.50. The van der Waals surface area contributed by atoms with Gasteiger partial charge in [-0.2, -0.15) is 13.2 Å². The molecule has 0 radical (unpaired) electrons. The molecule has 0 spiro atoms. The van der Waals surface area contributed by atoms with Gasteiger partial charge >= 0.3 is 6.18 Å². The minimum Gasteiger partial charge on any atom is -0.463 e. The maximum absolute atomic E-state index is 13.1. The van der Waals surface area contributed by atoms with Crippen LogP contribution in [0.3, 0.4) is 0 Å². The molecule has 2 aromatic carbocycles. The van der Waals surface area contributed by atoms with E-state index < -0.39 is 38.5 Å². The van der Waals surface area contributed by atoms with Crippen molar-refractivity contribution >= 4 is 10.0 Å². The van der Waals surface area contributed by atoms with Gasteiger partial charge in [-0.05, 0) is 80.1 Å². The van der Waals surface area contributed by atoms with Crippen molar-refractivity contribution in [3.05, 3.63) is 58.7 Å². The lowest BCUT2D eigenvalue weighted by molar-refractivity contribution is -0.180. The van der Waals surface area contributed by atoms with Crippen molar-refractivity contribution in [3.8, 4) is 5.75 Å². The lowest BCUT2D eigenvalue weighted by atomic mass is 10.0. The number of fused-ring (bicyclic) bond motifs is 1. The third kappa shape index (κ3) is 11.2. The topological polar surface area (TPSA) is 120 Å². The number of aliphatic hydroxyl groups is 1. The number of rotatable bonds is 16. The Morgan fingerprint density at radius 2 is 1.76 bits per heavy atom. The Bertz CT molecular complexity index is 1240. The van der Waals surface area contributed by atoms with Crippen molar-refractivity contribution in [1.82, 2.24) is 5.32 Å². The Balaban J connectivity index is 1.21. The zero-order valence-electron chi connectivity index (χ0n) is 23.6. The number of nitrogens with two attached hydrogens (primary N) is 1. The van der Waals surface area contributed by atoms with Crippen LogP contribution in [0, 0.1) is 0 Å². The van der Waals surface area contributed by atoms with Crippen LogP contribution in [-0.4, -0.2) is 45.6 Å². The first-order valence-electron chi connectivity index (χ1n) is 13.9. The van der Waals surface area contributed by atoms with E-state index in [1.807, 2.05) is 32.0 Å². The minimum atomic E-state index is -4.65. The van der Waals surface area contributed by atoms with Crippen LogP contribution in [0.1, 0.15) is 80.7 Å². The number of aryl methyl sites for hydroxylation is 1. The van der Waals surface area contributed by atoms with Crippen LogP contribution in [0.4, 0.5) is 13.2 Å². The van der Waals surface area contributed by atoms with Crippen LogP contribution in [0.15, 0.2) is 41.3 Å². The highest BCUT2D eigenvalue weighted by Gasteiger charge is 2.32. The largest absolute Gasteiger partial charge is 0.463 e. The van der Waals surface area contributed by atoms with E-state index in [9.17, 15) is 26.7 Å². The first kappa shape index (κ1) is 33.3. The van der Waals surface area contributed by atoms with Gasteiger partial charge in [0.15, 0.2) is 0 Å². The smallest absolute Gasteiger partial charge is 0.416 e. The Morgan fingerprint density at radius 1 is 1.05 bits per heavy atom. The summed E-state index contributed by atoms with van der Waals surface area (Å²) in [5.74, 6) is 0.135. The van der Waals surface area contributed by atoms with Gasteiger partial charge in [-0.1, -0.05) is 18.9 Å². The summed E-state index contributed by atoms with van der Waals surface area (Å²) in [6.45, 7) is 6.53. The van der Waals surface area contributed by atoms with Crippen molar-refractivity contribution in [3.63, 3.8) is 0 Å². The van der Waals surface area contributed by atoms with Gasteiger partial charge in [0.1, 0.15) is 5.75 Å². The molecular weight excluding hydrogens is 561 g/mol. The highest BCUT2D eigenvalue weighted by molar-refractivity contribution is 7.89. The van der Waals surface area contributed by atoms with E-state index in [4.69, 9.17) is 19.3 Å². The molecule has 1 atom stereocenters. The molecule has 2 aromatic rings. The molecule has 230 valence electrons. The zero-order chi connectivity index (χ0) is 30.1. The van der Waals surface area contributed by atoms with Gasteiger partial charge in [-0.3, -0.25) is 0 Å². The molecule has 1 heterocycles. The molecule has 0 saturated heterocycles. The van der Waals surface area contributed by atoms with Gasteiger partial charge in [-0.25, -0.2) is 13.6 Å². The molecular formula is C29H41F3N2O6S. The molecule has 3 rings (SSSR count). The number of benzene rings is 2. The van der Waals surface area contributed by atoms with E-state index in [2.05, 4.69) is 5.32 Å². The Labute approximate surface area is 240 Å². The van der Waals surface area contributed by atoms with Gasteiger partial charge in [0.05, 0.1) is 23.2 Å². The van der Waals surface area contributed by atoms with Crippen molar-refractivity contribution in [2.45, 2.75) is 88.4 Å². The van der Waals surface area contributed by atoms with Crippen LogP contribution < -0.4 is 15.2 Å². The summed E-state index contributed by atoms with van der Waals surface area (Å²) in [4.78, 5) is -0.533. The number of hydrogen-bond acceptors (Lipinski definition) is 7. The molecule has 0 fully saturated rings. The molecule has 0 amide bonds. The Hall–Kier alpha value is -2.22. The van der Waals surface area contributed by atoms with E-state index in [1.165, 1.54) is 6.07 Å². The predicted octanol–water partition coefficient (Wildman–Crippen LogP) is 5.22. The molecule has 41 heavy (non-hydrogen) atoms. The number of alkyl halides is 3. The summed E-state index contributed by atoms with van der Waals surface area (Å²) in [7, 11) is -4.23. The van der Waals surface area contributed by atoms with Gasteiger partial charge < -0.3 is 24.6 Å². The predicted molar refractivity (Wildman–Crippen MR) is 149 cm³/mol. The quantitative estimate of drug-likeness (QED) is 0.225. The molecule has 12 heteroatoms. The maximum Gasteiger partial charge on any atom is 0.416 e. The summed E-state index contributed by atoms with van der Waals surface area (Å²) >= 11 is 0. The van der Waals surface area contributed by atoms with Crippen LogP contribution in [0.5, 0.6) is 5.75 Å². The highest BCUT2D eigenvalue weighted by atomic mass is 32.2. The summed E-state index contributed by atoms with van der Waals surface area (Å²) in [5.41, 5.74) is 1.01. The second-order valence-electron chi connectivity index (χ2n) is 10.8. The first-order valence-corrected chi connectivity index (χ1v) is 15.5. The van der Waals surface area contributed by atoms with Crippen LogP contribution >= 0.6 is 0 Å². The van der Waals surface area contributed by atoms with Crippen LogP contribution in [0.25, 0.3) is 0 Å². The summed E-state index contributed by atoms with van der Waals surface area (Å²) in [6.07, 6.45) is 0.156. The van der Waals surface area contributed by atoms with Crippen molar-refractivity contribution < 1.29 is 40.9 Å². The van der Waals surface area contributed by atoms with Gasteiger partial charge in [0.2, 0.25) is 15.8 Å². The van der Waals surface area contributed by atoms with Crippen molar-refractivity contribution in [2.75, 3.05) is 26.3 Å². The number of hydrogen-bond donors (Lipinski definition) is 3. The molecule has 8 nitrogen and oxygen atoms in total. The monoisotopic (exact) mass is 602 g/mol. The van der Waals surface area contributed by atoms with Crippen LogP contribution in [0.2, 0.25) is 0 Å². The lowest BCUT2D eigenvalue weighted by Crippen LogP contribution is -2.35. The van der Waals surface area contributed by atoms with E-state index in [-0.39, 0.29) is 5.56 Å².